The van der Waals surface area contributed by atoms with Gasteiger partial charge in [0, 0.05) is 30.6 Å². The topological polar surface area (TPSA) is 56.2 Å². The van der Waals surface area contributed by atoms with Crippen molar-refractivity contribution in [2.75, 3.05) is 0 Å². The number of fused-ring (bicyclic) bond motifs is 1. The third-order valence-electron chi connectivity index (χ3n) is 6.48. The average molecular weight is 382 g/mol. The third kappa shape index (κ3) is 3.54. The quantitative estimate of drug-likeness (QED) is 0.835. The summed E-state index contributed by atoms with van der Waals surface area (Å²) >= 11 is 0. The van der Waals surface area contributed by atoms with Crippen molar-refractivity contribution >= 4 is 5.91 Å². The van der Waals surface area contributed by atoms with E-state index >= 15 is 0 Å². The van der Waals surface area contributed by atoms with Gasteiger partial charge in [0.25, 0.3) is 0 Å². The van der Waals surface area contributed by atoms with E-state index in [0.717, 1.165) is 49.2 Å². The first kappa shape index (κ1) is 19.0. The Morgan fingerprint density at radius 1 is 1.29 bits per heavy atom. The van der Waals surface area contributed by atoms with Gasteiger partial charge in [-0.25, -0.2) is 0 Å². The summed E-state index contributed by atoms with van der Waals surface area (Å²) in [5.74, 6) is 1.05. The number of carbonyl (C=O) groups is 1. The molecule has 2 aromatic rings. The maximum Gasteiger partial charge on any atom is 0.220 e. The van der Waals surface area contributed by atoms with Crippen LogP contribution in [0.2, 0.25) is 0 Å². The number of amides is 1. The van der Waals surface area contributed by atoms with Gasteiger partial charge in [-0.2, -0.15) is 5.10 Å². The van der Waals surface area contributed by atoms with E-state index in [0.29, 0.717) is 6.42 Å². The molecule has 1 saturated carbocycles. The zero-order valence-electron chi connectivity index (χ0n) is 17.3. The van der Waals surface area contributed by atoms with Crippen molar-refractivity contribution < 1.29 is 9.53 Å². The Bertz CT molecular complexity index is 865. The summed E-state index contributed by atoms with van der Waals surface area (Å²) in [7, 11) is 0. The second-order valence-electron chi connectivity index (χ2n) is 8.32. The average Bonchev–Trinajstić information content (AvgIpc) is 3.24. The predicted octanol–water partition coefficient (Wildman–Crippen LogP) is 4.41. The molecule has 1 aromatic heterocycles. The van der Waals surface area contributed by atoms with Crippen LogP contribution in [0, 0.1) is 13.8 Å². The van der Waals surface area contributed by atoms with Crippen LogP contribution < -0.4 is 10.1 Å². The molecule has 1 aliphatic carbocycles. The number of carbonyl (C=O) groups excluding carboxylic acids is 1. The zero-order valence-corrected chi connectivity index (χ0v) is 17.3. The Morgan fingerprint density at radius 3 is 2.75 bits per heavy atom. The fourth-order valence-corrected chi connectivity index (χ4v) is 4.98. The highest BCUT2D eigenvalue weighted by atomic mass is 16.5. The number of nitrogens with zero attached hydrogens (tertiary/aromatic N) is 2. The summed E-state index contributed by atoms with van der Waals surface area (Å²) in [6.45, 7) is 7.08. The van der Waals surface area contributed by atoms with Crippen LogP contribution in [0.15, 0.2) is 24.3 Å². The monoisotopic (exact) mass is 381 g/mol. The van der Waals surface area contributed by atoms with Crippen LogP contribution in [0.5, 0.6) is 5.75 Å². The van der Waals surface area contributed by atoms with Crippen molar-refractivity contribution in [2.24, 2.45) is 0 Å². The number of rotatable bonds is 5. The minimum atomic E-state index is -0.0955. The molecule has 1 aliphatic heterocycles. The van der Waals surface area contributed by atoms with Crippen molar-refractivity contribution in [3.63, 3.8) is 0 Å². The van der Waals surface area contributed by atoms with Gasteiger partial charge in [-0.1, -0.05) is 18.2 Å². The molecule has 150 valence electrons. The molecule has 5 nitrogen and oxygen atoms in total. The van der Waals surface area contributed by atoms with Gasteiger partial charge in [-0.3, -0.25) is 9.48 Å². The van der Waals surface area contributed by atoms with E-state index in [1.165, 1.54) is 24.1 Å². The molecule has 1 aromatic carbocycles. The van der Waals surface area contributed by atoms with Gasteiger partial charge in [-0.15, -0.1) is 0 Å². The predicted molar refractivity (Wildman–Crippen MR) is 109 cm³/mol. The molecule has 28 heavy (non-hydrogen) atoms. The van der Waals surface area contributed by atoms with E-state index in [1.54, 1.807) is 0 Å². The van der Waals surface area contributed by atoms with Gasteiger partial charge in [0.2, 0.25) is 5.91 Å². The molecular formula is C23H31N3O2. The second-order valence-corrected chi connectivity index (χ2v) is 8.32. The molecule has 1 amide bonds. The SMILES string of the molecule is CCn1nc(C)c(CCC(=O)NC2CC3(CCCC3)Oc3ccccc32)c1C. The number of ether oxygens (including phenoxy) is 1. The lowest BCUT2D eigenvalue weighted by atomic mass is 9.86. The van der Waals surface area contributed by atoms with Gasteiger partial charge < -0.3 is 10.1 Å². The fraction of sp³-hybridized carbons (Fsp3) is 0.565. The first-order valence-corrected chi connectivity index (χ1v) is 10.6. The molecule has 0 radical (unpaired) electrons. The minimum Gasteiger partial charge on any atom is -0.487 e. The number of aryl methyl sites for hydroxylation is 2. The van der Waals surface area contributed by atoms with Crippen LogP contribution in [0.4, 0.5) is 0 Å². The Balaban J connectivity index is 1.46. The van der Waals surface area contributed by atoms with Crippen LogP contribution >= 0.6 is 0 Å². The Hall–Kier alpha value is -2.30. The van der Waals surface area contributed by atoms with E-state index in [2.05, 4.69) is 30.3 Å². The minimum absolute atomic E-state index is 0.0381. The van der Waals surface area contributed by atoms with Gasteiger partial charge in [0.05, 0.1) is 11.7 Å². The molecular weight excluding hydrogens is 350 g/mol. The molecule has 2 heterocycles. The van der Waals surface area contributed by atoms with E-state index in [9.17, 15) is 4.79 Å². The number of benzene rings is 1. The summed E-state index contributed by atoms with van der Waals surface area (Å²) in [5.41, 5.74) is 4.43. The summed E-state index contributed by atoms with van der Waals surface area (Å²) in [4.78, 5) is 12.8. The van der Waals surface area contributed by atoms with E-state index in [1.807, 2.05) is 29.8 Å². The van der Waals surface area contributed by atoms with E-state index in [-0.39, 0.29) is 17.6 Å². The molecule has 0 bridgehead atoms. The van der Waals surface area contributed by atoms with Crippen molar-refractivity contribution in [3.05, 3.63) is 46.8 Å². The highest BCUT2D eigenvalue weighted by molar-refractivity contribution is 5.77. The Labute approximate surface area is 167 Å². The summed E-state index contributed by atoms with van der Waals surface area (Å²) in [6, 6.07) is 8.21. The van der Waals surface area contributed by atoms with Crippen molar-refractivity contribution in [2.45, 2.75) is 83.9 Å². The van der Waals surface area contributed by atoms with Crippen LogP contribution in [0.3, 0.4) is 0 Å². The number of aromatic nitrogens is 2. The number of para-hydroxylation sites is 1. The maximum absolute atomic E-state index is 12.8. The van der Waals surface area contributed by atoms with Gasteiger partial charge >= 0.3 is 0 Å². The highest BCUT2D eigenvalue weighted by Crippen LogP contribution is 2.47. The van der Waals surface area contributed by atoms with Crippen LogP contribution in [0.1, 0.15) is 74.0 Å². The summed E-state index contributed by atoms with van der Waals surface area (Å²) in [5, 5.41) is 7.88. The second kappa shape index (κ2) is 7.61. The van der Waals surface area contributed by atoms with Crippen LogP contribution in [0.25, 0.3) is 0 Å². The molecule has 4 rings (SSSR count). The molecule has 2 aliphatic rings. The Morgan fingerprint density at radius 2 is 2.04 bits per heavy atom. The smallest absolute Gasteiger partial charge is 0.220 e. The maximum atomic E-state index is 12.8. The van der Waals surface area contributed by atoms with Gasteiger partial charge in [0.15, 0.2) is 0 Å². The lowest BCUT2D eigenvalue weighted by Crippen LogP contribution is -2.43. The number of hydrogen-bond acceptors (Lipinski definition) is 3. The largest absolute Gasteiger partial charge is 0.487 e. The third-order valence-corrected chi connectivity index (χ3v) is 6.48. The van der Waals surface area contributed by atoms with Crippen molar-refractivity contribution in [3.8, 4) is 5.75 Å². The molecule has 1 N–H and O–H groups in total. The first-order chi connectivity index (χ1) is 13.5. The molecule has 1 atom stereocenters. The van der Waals surface area contributed by atoms with Gasteiger partial charge in [0.1, 0.15) is 11.4 Å². The molecule has 0 saturated heterocycles. The fourth-order valence-electron chi connectivity index (χ4n) is 4.98. The summed E-state index contributed by atoms with van der Waals surface area (Å²) in [6.07, 6.45) is 6.70. The lowest BCUT2D eigenvalue weighted by Gasteiger charge is -2.40. The highest BCUT2D eigenvalue weighted by Gasteiger charge is 2.43. The standard InChI is InChI=1S/C23H31N3O2/c1-4-26-17(3)18(16(2)25-26)11-12-22(27)24-20-15-23(13-7-8-14-23)28-21-10-6-5-9-19(20)21/h5-6,9-10,20H,4,7-8,11-15H2,1-3H3,(H,24,27). The number of nitrogens with one attached hydrogen (secondary N) is 1. The zero-order chi connectivity index (χ0) is 19.7. The summed E-state index contributed by atoms with van der Waals surface area (Å²) < 4.78 is 8.42. The van der Waals surface area contributed by atoms with E-state index < -0.39 is 0 Å². The van der Waals surface area contributed by atoms with Crippen molar-refractivity contribution in [1.82, 2.24) is 15.1 Å². The lowest BCUT2D eigenvalue weighted by molar-refractivity contribution is -0.122. The molecule has 1 spiro atoms. The van der Waals surface area contributed by atoms with E-state index in [4.69, 9.17) is 4.74 Å². The van der Waals surface area contributed by atoms with Crippen LogP contribution in [-0.4, -0.2) is 21.3 Å². The molecule has 1 fully saturated rings. The van der Waals surface area contributed by atoms with Crippen molar-refractivity contribution in [1.29, 1.82) is 0 Å². The Kier molecular flexibility index (Phi) is 5.17. The first-order valence-electron chi connectivity index (χ1n) is 10.6. The molecule has 5 heteroatoms. The van der Waals surface area contributed by atoms with Crippen LogP contribution in [-0.2, 0) is 17.8 Å². The normalized spacial score (nSPS) is 20.0. The molecule has 1 unspecified atom stereocenters. The van der Waals surface area contributed by atoms with Gasteiger partial charge in [-0.05, 0) is 64.5 Å². The number of hydrogen-bond donors (Lipinski definition) is 1.